The minimum absolute atomic E-state index is 0.145. The molecule has 0 rings (SSSR count). The molecule has 0 aromatic heterocycles. The van der Waals surface area contributed by atoms with Gasteiger partial charge >= 0.3 is 0 Å². The van der Waals surface area contributed by atoms with Crippen LogP contribution in [0.5, 0.6) is 0 Å². The highest BCUT2D eigenvalue weighted by molar-refractivity contribution is 4.83. The van der Waals surface area contributed by atoms with Crippen LogP contribution in [0.4, 0.5) is 0 Å². The topological polar surface area (TPSA) is 44.7 Å². The zero-order chi connectivity index (χ0) is 15.6. The highest BCUT2D eigenvalue weighted by Crippen LogP contribution is 2.14. The molecule has 0 aromatic rings. The lowest BCUT2D eigenvalue weighted by Gasteiger charge is -2.31. The van der Waals surface area contributed by atoms with Crippen molar-refractivity contribution in [2.75, 3.05) is 33.4 Å². The molecule has 2 N–H and O–H groups in total. The van der Waals surface area contributed by atoms with Crippen molar-refractivity contribution >= 4 is 0 Å². The minimum Gasteiger partial charge on any atom is -0.394 e. The Kier molecular flexibility index (Phi) is 10.5. The van der Waals surface area contributed by atoms with E-state index in [4.69, 9.17) is 4.74 Å². The summed E-state index contributed by atoms with van der Waals surface area (Å²) in [7, 11) is 2.14. The van der Waals surface area contributed by atoms with E-state index in [-0.39, 0.29) is 12.1 Å². The Morgan fingerprint density at radius 3 is 2.30 bits per heavy atom. The zero-order valence-electron chi connectivity index (χ0n) is 14.4. The summed E-state index contributed by atoms with van der Waals surface area (Å²) in [5, 5.41) is 13.0. The summed E-state index contributed by atoms with van der Waals surface area (Å²) in [6, 6.07) is 0.406. The third-order valence-electron chi connectivity index (χ3n) is 3.43. The molecule has 20 heavy (non-hydrogen) atoms. The van der Waals surface area contributed by atoms with E-state index in [1.807, 2.05) is 0 Å². The Morgan fingerprint density at radius 1 is 1.15 bits per heavy atom. The van der Waals surface area contributed by atoms with Crippen molar-refractivity contribution in [2.45, 2.75) is 71.6 Å². The monoisotopic (exact) mass is 288 g/mol. The summed E-state index contributed by atoms with van der Waals surface area (Å²) in [6.45, 7) is 13.6. The van der Waals surface area contributed by atoms with E-state index in [1.165, 1.54) is 0 Å². The molecule has 0 aliphatic rings. The first-order chi connectivity index (χ1) is 9.29. The number of rotatable bonds is 12. The van der Waals surface area contributed by atoms with E-state index < -0.39 is 0 Å². The van der Waals surface area contributed by atoms with Crippen LogP contribution in [0.3, 0.4) is 0 Å². The number of aliphatic hydroxyl groups is 1. The molecule has 0 saturated carbocycles. The van der Waals surface area contributed by atoms with Gasteiger partial charge in [0.25, 0.3) is 0 Å². The van der Waals surface area contributed by atoms with Crippen LogP contribution in [0.2, 0.25) is 0 Å². The number of ether oxygens (including phenoxy) is 1. The minimum atomic E-state index is -0.145. The number of hydrogen-bond acceptors (Lipinski definition) is 4. The van der Waals surface area contributed by atoms with Gasteiger partial charge in [0.1, 0.15) is 0 Å². The van der Waals surface area contributed by atoms with Crippen molar-refractivity contribution in [1.29, 1.82) is 0 Å². The van der Waals surface area contributed by atoms with Crippen LogP contribution in [0.15, 0.2) is 0 Å². The molecule has 0 aliphatic heterocycles. The maximum Gasteiger partial charge on any atom is 0.0610 e. The first kappa shape index (κ1) is 19.8. The fraction of sp³-hybridized carbons (Fsp3) is 1.00. The summed E-state index contributed by atoms with van der Waals surface area (Å²) < 4.78 is 5.55. The van der Waals surface area contributed by atoms with Crippen LogP contribution in [0, 0.1) is 0 Å². The van der Waals surface area contributed by atoms with Crippen molar-refractivity contribution < 1.29 is 9.84 Å². The molecule has 0 aromatic carbocycles. The standard InChI is InChI=1S/C16H36N2O2/c1-14(2)17-16(5,13-19)9-7-8-10-18(6)11-12-20-15(3)4/h14-15,17,19H,7-13H2,1-6H3. The van der Waals surface area contributed by atoms with Gasteiger partial charge in [0.05, 0.1) is 19.3 Å². The van der Waals surface area contributed by atoms with E-state index in [1.54, 1.807) is 0 Å². The predicted octanol–water partition coefficient (Wildman–Crippen LogP) is 2.26. The highest BCUT2D eigenvalue weighted by Gasteiger charge is 2.22. The molecule has 0 bridgehead atoms. The fourth-order valence-corrected chi connectivity index (χ4v) is 2.35. The summed E-state index contributed by atoms with van der Waals surface area (Å²) >= 11 is 0. The molecular formula is C16H36N2O2. The Bertz CT molecular complexity index is 235. The Hall–Kier alpha value is -0.160. The van der Waals surface area contributed by atoms with Gasteiger partial charge in [0.15, 0.2) is 0 Å². The molecule has 0 heterocycles. The van der Waals surface area contributed by atoms with Crippen LogP contribution >= 0.6 is 0 Å². The molecule has 0 amide bonds. The van der Waals surface area contributed by atoms with E-state index >= 15 is 0 Å². The third kappa shape index (κ3) is 10.6. The number of likely N-dealkylation sites (N-methyl/N-ethyl adjacent to an activating group) is 1. The molecule has 0 aliphatic carbocycles. The van der Waals surface area contributed by atoms with Crippen LogP contribution < -0.4 is 5.32 Å². The molecule has 122 valence electrons. The van der Waals surface area contributed by atoms with Crippen LogP contribution in [0.25, 0.3) is 0 Å². The van der Waals surface area contributed by atoms with E-state index in [9.17, 15) is 5.11 Å². The van der Waals surface area contributed by atoms with Gasteiger partial charge in [-0.15, -0.1) is 0 Å². The smallest absolute Gasteiger partial charge is 0.0610 e. The van der Waals surface area contributed by atoms with Gasteiger partial charge in [-0.2, -0.15) is 0 Å². The summed E-state index contributed by atoms with van der Waals surface area (Å²) in [5.41, 5.74) is -0.145. The van der Waals surface area contributed by atoms with Crippen LogP contribution in [-0.2, 0) is 4.74 Å². The largest absolute Gasteiger partial charge is 0.394 e. The van der Waals surface area contributed by atoms with Gasteiger partial charge in [0, 0.05) is 18.1 Å². The summed E-state index contributed by atoms with van der Waals surface area (Å²) in [6.07, 6.45) is 3.62. The molecule has 1 unspecified atom stereocenters. The predicted molar refractivity (Wildman–Crippen MR) is 86.2 cm³/mol. The second-order valence-corrected chi connectivity index (χ2v) is 6.70. The average Bonchev–Trinajstić information content (AvgIpc) is 2.33. The second kappa shape index (κ2) is 10.6. The number of aliphatic hydroxyl groups excluding tert-OH is 1. The average molecular weight is 288 g/mol. The normalized spacial score (nSPS) is 15.3. The number of hydrogen-bond donors (Lipinski definition) is 2. The SMILES string of the molecule is CC(C)NC(C)(CO)CCCCN(C)CCOC(C)C. The van der Waals surface area contributed by atoms with Crippen LogP contribution in [0.1, 0.15) is 53.9 Å². The first-order valence-electron chi connectivity index (χ1n) is 7.98. The molecule has 0 saturated heterocycles. The summed E-state index contributed by atoms with van der Waals surface area (Å²) in [4.78, 5) is 2.31. The van der Waals surface area contributed by atoms with Crippen molar-refractivity contribution in [3.05, 3.63) is 0 Å². The van der Waals surface area contributed by atoms with Gasteiger partial charge in [-0.3, -0.25) is 0 Å². The Labute approximate surface area is 125 Å². The van der Waals surface area contributed by atoms with Gasteiger partial charge in [-0.25, -0.2) is 0 Å². The van der Waals surface area contributed by atoms with E-state index in [0.29, 0.717) is 12.1 Å². The highest BCUT2D eigenvalue weighted by atomic mass is 16.5. The van der Waals surface area contributed by atoms with Crippen molar-refractivity contribution in [2.24, 2.45) is 0 Å². The lowest BCUT2D eigenvalue weighted by Crippen LogP contribution is -2.49. The maximum atomic E-state index is 9.52. The van der Waals surface area contributed by atoms with Crippen molar-refractivity contribution in [3.63, 3.8) is 0 Å². The number of unbranched alkanes of at least 4 members (excludes halogenated alkanes) is 1. The molecule has 4 heteroatoms. The van der Waals surface area contributed by atoms with Gasteiger partial charge in [-0.1, -0.05) is 20.3 Å². The molecule has 0 radical (unpaired) electrons. The zero-order valence-corrected chi connectivity index (χ0v) is 14.4. The number of nitrogens with one attached hydrogen (secondary N) is 1. The second-order valence-electron chi connectivity index (χ2n) is 6.70. The van der Waals surface area contributed by atoms with Gasteiger partial charge < -0.3 is 20.1 Å². The molecule has 0 spiro atoms. The van der Waals surface area contributed by atoms with Crippen molar-refractivity contribution in [1.82, 2.24) is 10.2 Å². The quantitative estimate of drug-likeness (QED) is 0.541. The third-order valence-corrected chi connectivity index (χ3v) is 3.43. The molecule has 1 atom stereocenters. The maximum absolute atomic E-state index is 9.52. The van der Waals surface area contributed by atoms with Gasteiger partial charge in [-0.05, 0) is 47.2 Å². The lowest BCUT2D eigenvalue weighted by atomic mass is 9.95. The fourth-order valence-electron chi connectivity index (χ4n) is 2.35. The van der Waals surface area contributed by atoms with E-state index in [2.05, 4.69) is 51.9 Å². The van der Waals surface area contributed by atoms with E-state index in [0.717, 1.165) is 39.0 Å². The van der Waals surface area contributed by atoms with Gasteiger partial charge in [0.2, 0.25) is 0 Å². The van der Waals surface area contributed by atoms with Crippen molar-refractivity contribution in [3.8, 4) is 0 Å². The molecular weight excluding hydrogens is 252 g/mol. The Balaban J connectivity index is 3.72. The molecule has 0 fully saturated rings. The number of nitrogens with zero attached hydrogens (tertiary/aromatic N) is 1. The molecule has 4 nitrogen and oxygen atoms in total. The Morgan fingerprint density at radius 2 is 1.80 bits per heavy atom. The van der Waals surface area contributed by atoms with Crippen LogP contribution in [-0.4, -0.2) is 61.0 Å². The first-order valence-corrected chi connectivity index (χ1v) is 7.98. The lowest BCUT2D eigenvalue weighted by molar-refractivity contribution is 0.0633. The summed E-state index contributed by atoms with van der Waals surface area (Å²) in [5.74, 6) is 0.